The van der Waals surface area contributed by atoms with Gasteiger partial charge in [-0.25, -0.2) is 8.42 Å². The maximum atomic E-state index is 12.2. The third kappa shape index (κ3) is 3.59. The first-order valence-corrected chi connectivity index (χ1v) is 8.00. The number of hydrogen-bond acceptors (Lipinski definition) is 3. The fourth-order valence-corrected chi connectivity index (χ4v) is 3.32. The second kappa shape index (κ2) is 6.07. The summed E-state index contributed by atoms with van der Waals surface area (Å²) in [6.07, 6.45) is 0. The minimum absolute atomic E-state index is 0.0747. The summed E-state index contributed by atoms with van der Waals surface area (Å²) in [7, 11) is -3.45. The van der Waals surface area contributed by atoms with Crippen LogP contribution in [0.4, 0.5) is 5.69 Å². The van der Waals surface area contributed by atoms with Gasteiger partial charge in [0.2, 0.25) is 10.0 Å². The summed E-state index contributed by atoms with van der Waals surface area (Å²) in [5.41, 5.74) is 8.71. The summed E-state index contributed by atoms with van der Waals surface area (Å²) >= 11 is 0. The van der Waals surface area contributed by atoms with E-state index in [9.17, 15) is 8.42 Å². The first-order chi connectivity index (χ1) is 9.52. The number of sulfonamides is 1. The molecule has 0 aromatic heterocycles. The SMILES string of the molecule is Cc1ccccc1NS(=O)(=O)Cc1ccccc1CN. The lowest BCUT2D eigenvalue weighted by molar-refractivity contribution is 0.600. The molecular formula is C15H18N2O2S. The Labute approximate surface area is 119 Å². The third-order valence-corrected chi connectivity index (χ3v) is 4.32. The molecule has 0 saturated carbocycles. The minimum Gasteiger partial charge on any atom is -0.326 e. The molecule has 0 atom stereocenters. The van der Waals surface area contributed by atoms with Crippen LogP contribution in [0.15, 0.2) is 48.5 Å². The molecule has 0 amide bonds. The maximum absolute atomic E-state index is 12.2. The van der Waals surface area contributed by atoms with Gasteiger partial charge in [0.1, 0.15) is 0 Å². The Morgan fingerprint density at radius 2 is 1.60 bits per heavy atom. The molecule has 0 radical (unpaired) electrons. The van der Waals surface area contributed by atoms with Crippen molar-refractivity contribution in [2.24, 2.45) is 5.73 Å². The van der Waals surface area contributed by atoms with Crippen LogP contribution < -0.4 is 10.5 Å². The first kappa shape index (κ1) is 14.6. The molecule has 3 N–H and O–H groups in total. The van der Waals surface area contributed by atoms with Gasteiger partial charge in [-0.2, -0.15) is 0 Å². The zero-order valence-corrected chi connectivity index (χ0v) is 12.2. The molecule has 2 rings (SSSR count). The summed E-state index contributed by atoms with van der Waals surface area (Å²) in [5, 5.41) is 0. The first-order valence-electron chi connectivity index (χ1n) is 6.35. The molecular weight excluding hydrogens is 272 g/mol. The van der Waals surface area contributed by atoms with Gasteiger partial charge in [0.05, 0.1) is 11.4 Å². The molecule has 0 fully saturated rings. The van der Waals surface area contributed by atoms with Crippen LogP contribution in [0.2, 0.25) is 0 Å². The molecule has 0 saturated heterocycles. The van der Waals surface area contributed by atoms with Gasteiger partial charge in [0.15, 0.2) is 0 Å². The van der Waals surface area contributed by atoms with E-state index in [2.05, 4.69) is 4.72 Å². The van der Waals surface area contributed by atoms with Crippen LogP contribution in [-0.2, 0) is 22.3 Å². The zero-order chi connectivity index (χ0) is 14.6. The average Bonchev–Trinajstić information content (AvgIpc) is 2.41. The van der Waals surface area contributed by atoms with Crippen molar-refractivity contribution in [3.63, 3.8) is 0 Å². The Balaban J connectivity index is 2.22. The topological polar surface area (TPSA) is 72.2 Å². The summed E-state index contributed by atoms with van der Waals surface area (Å²) in [6.45, 7) is 2.20. The highest BCUT2D eigenvalue weighted by Gasteiger charge is 2.14. The average molecular weight is 290 g/mol. The van der Waals surface area contributed by atoms with E-state index < -0.39 is 10.0 Å². The van der Waals surface area contributed by atoms with Crippen LogP contribution in [0.3, 0.4) is 0 Å². The van der Waals surface area contributed by atoms with Gasteiger partial charge >= 0.3 is 0 Å². The van der Waals surface area contributed by atoms with Gasteiger partial charge in [-0.05, 0) is 29.7 Å². The number of anilines is 1. The number of hydrogen-bond donors (Lipinski definition) is 2. The fraction of sp³-hybridized carbons (Fsp3) is 0.200. The number of rotatable bonds is 5. The van der Waals surface area contributed by atoms with Crippen LogP contribution in [0.25, 0.3) is 0 Å². The quantitative estimate of drug-likeness (QED) is 0.888. The fourth-order valence-electron chi connectivity index (χ4n) is 1.99. The van der Waals surface area contributed by atoms with E-state index in [1.54, 1.807) is 18.2 Å². The largest absolute Gasteiger partial charge is 0.326 e. The minimum atomic E-state index is -3.45. The number of benzene rings is 2. The molecule has 2 aromatic rings. The molecule has 0 spiro atoms. The molecule has 0 heterocycles. The van der Waals surface area contributed by atoms with E-state index in [1.807, 2.05) is 37.3 Å². The van der Waals surface area contributed by atoms with Crippen molar-refractivity contribution in [2.45, 2.75) is 19.2 Å². The molecule has 2 aromatic carbocycles. The van der Waals surface area contributed by atoms with Crippen molar-refractivity contribution in [2.75, 3.05) is 4.72 Å². The van der Waals surface area contributed by atoms with Gasteiger partial charge in [-0.3, -0.25) is 4.72 Å². The van der Waals surface area contributed by atoms with Gasteiger partial charge < -0.3 is 5.73 Å². The van der Waals surface area contributed by atoms with Crippen LogP contribution >= 0.6 is 0 Å². The van der Waals surface area contributed by atoms with Crippen molar-refractivity contribution in [3.8, 4) is 0 Å². The van der Waals surface area contributed by atoms with Crippen LogP contribution in [0.1, 0.15) is 16.7 Å². The van der Waals surface area contributed by atoms with Crippen molar-refractivity contribution in [3.05, 3.63) is 65.2 Å². The van der Waals surface area contributed by atoms with E-state index in [1.165, 1.54) is 0 Å². The second-order valence-corrected chi connectivity index (χ2v) is 6.37. The highest BCUT2D eigenvalue weighted by Crippen LogP contribution is 2.18. The van der Waals surface area contributed by atoms with E-state index in [4.69, 9.17) is 5.73 Å². The lowest BCUT2D eigenvalue weighted by atomic mass is 10.1. The number of aryl methyl sites for hydroxylation is 1. The van der Waals surface area contributed by atoms with Crippen molar-refractivity contribution >= 4 is 15.7 Å². The van der Waals surface area contributed by atoms with Crippen LogP contribution in [0, 0.1) is 6.92 Å². The van der Waals surface area contributed by atoms with Crippen LogP contribution in [-0.4, -0.2) is 8.42 Å². The Kier molecular flexibility index (Phi) is 4.42. The maximum Gasteiger partial charge on any atom is 0.236 e. The highest BCUT2D eigenvalue weighted by atomic mass is 32.2. The monoisotopic (exact) mass is 290 g/mol. The standard InChI is InChI=1S/C15H18N2O2S/c1-12-6-2-5-9-15(12)17-20(18,19)11-14-8-4-3-7-13(14)10-16/h2-9,17H,10-11,16H2,1H3. The Hall–Kier alpha value is -1.85. The molecule has 106 valence electrons. The van der Waals surface area contributed by atoms with E-state index in [0.717, 1.165) is 16.7 Å². The molecule has 4 nitrogen and oxygen atoms in total. The molecule has 0 bridgehead atoms. The van der Waals surface area contributed by atoms with E-state index >= 15 is 0 Å². The van der Waals surface area contributed by atoms with Gasteiger partial charge in [0.25, 0.3) is 0 Å². The van der Waals surface area contributed by atoms with Crippen molar-refractivity contribution < 1.29 is 8.42 Å². The third-order valence-electron chi connectivity index (χ3n) is 3.09. The highest BCUT2D eigenvalue weighted by molar-refractivity contribution is 7.91. The molecule has 0 aliphatic rings. The van der Waals surface area contributed by atoms with E-state index in [0.29, 0.717) is 12.2 Å². The molecule has 20 heavy (non-hydrogen) atoms. The van der Waals surface area contributed by atoms with Gasteiger partial charge in [0, 0.05) is 6.54 Å². The lowest BCUT2D eigenvalue weighted by Crippen LogP contribution is -2.17. The zero-order valence-electron chi connectivity index (χ0n) is 11.3. The summed E-state index contributed by atoms with van der Waals surface area (Å²) in [4.78, 5) is 0. The predicted octanol–water partition coefficient (Wildman–Crippen LogP) is 2.40. The number of nitrogens with two attached hydrogens (primary N) is 1. The number of nitrogens with one attached hydrogen (secondary N) is 1. The van der Waals surface area contributed by atoms with Gasteiger partial charge in [-0.1, -0.05) is 42.5 Å². The lowest BCUT2D eigenvalue weighted by Gasteiger charge is -2.12. The number of para-hydroxylation sites is 1. The summed E-state index contributed by atoms with van der Waals surface area (Å²) in [5.74, 6) is -0.0747. The smallest absolute Gasteiger partial charge is 0.236 e. The normalized spacial score (nSPS) is 11.3. The molecule has 0 aliphatic heterocycles. The summed E-state index contributed by atoms with van der Waals surface area (Å²) < 4.78 is 27.1. The molecule has 0 unspecified atom stereocenters. The van der Waals surface area contributed by atoms with Gasteiger partial charge in [-0.15, -0.1) is 0 Å². The Morgan fingerprint density at radius 1 is 1.00 bits per heavy atom. The van der Waals surface area contributed by atoms with Crippen molar-refractivity contribution in [1.29, 1.82) is 0 Å². The molecule has 0 aliphatic carbocycles. The summed E-state index contributed by atoms with van der Waals surface area (Å²) in [6, 6.07) is 14.6. The van der Waals surface area contributed by atoms with E-state index in [-0.39, 0.29) is 5.75 Å². The van der Waals surface area contributed by atoms with Crippen LogP contribution in [0.5, 0.6) is 0 Å². The predicted molar refractivity (Wildman–Crippen MR) is 81.8 cm³/mol. The Morgan fingerprint density at radius 3 is 2.25 bits per heavy atom. The second-order valence-electron chi connectivity index (χ2n) is 4.65. The van der Waals surface area contributed by atoms with Crippen molar-refractivity contribution in [1.82, 2.24) is 0 Å². The Bertz CT molecular complexity index is 697. The molecule has 5 heteroatoms.